The molecule has 0 amide bonds. The lowest BCUT2D eigenvalue weighted by Gasteiger charge is -2.01. The Kier molecular flexibility index (Phi) is 4.33. The van der Waals surface area contributed by atoms with Crippen LogP contribution in [-0.4, -0.2) is 0 Å². The number of nitriles is 2. The highest BCUT2D eigenvalue weighted by atomic mass is 14.3. The molecular formula is C8H12N2. The monoisotopic (exact) mass is 136 g/mol. The van der Waals surface area contributed by atoms with E-state index in [1.54, 1.807) is 0 Å². The number of nitrogens with zero attached hydrogens (tertiary/aromatic N) is 2. The van der Waals surface area contributed by atoms with Crippen LogP contribution in [0.5, 0.6) is 0 Å². The van der Waals surface area contributed by atoms with E-state index in [2.05, 4.69) is 12.1 Å². The van der Waals surface area contributed by atoms with Gasteiger partial charge in [0.25, 0.3) is 0 Å². The standard InChI is InChI=1S/C8H12N2/c1-7(5-9)3-4-8(2)6-10/h7-8H,3-4H2,1-2H3. The zero-order valence-electron chi connectivity index (χ0n) is 6.46. The van der Waals surface area contributed by atoms with Gasteiger partial charge in [0.15, 0.2) is 0 Å². The van der Waals surface area contributed by atoms with E-state index >= 15 is 0 Å². The van der Waals surface area contributed by atoms with Crippen molar-refractivity contribution in [3.63, 3.8) is 0 Å². The first-order valence-electron chi connectivity index (χ1n) is 3.50. The maximum absolute atomic E-state index is 8.39. The molecule has 0 fully saturated rings. The molecule has 54 valence electrons. The Balaban J connectivity index is 3.40. The normalized spacial score (nSPS) is 14.8. The molecule has 0 spiro atoms. The van der Waals surface area contributed by atoms with Gasteiger partial charge in [-0.3, -0.25) is 0 Å². The summed E-state index contributed by atoms with van der Waals surface area (Å²) in [6.07, 6.45) is 1.68. The molecule has 0 N–H and O–H groups in total. The lowest BCUT2D eigenvalue weighted by molar-refractivity contribution is 0.549. The number of hydrogen-bond donors (Lipinski definition) is 0. The second kappa shape index (κ2) is 4.82. The Bertz CT molecular complexity index is 141. The highest BCUT2D eigenvalue weighted by Gasteiger charge is 2.03. The number of hydrogen-bond acceptors (Lipinski definition) is 2. The molecule has 0 aromatic carbocycles. The van der Waals surface area contributed by atoms with Crippen molar-refractivity contribution < 1.29 is 0 Å². The molecule has 2 nitrogen and oxygen atoms in total. The van der Waals surface area contributed by atoms with E-state index < -0.39 is 0 Å². The molecule has 2 unspecified atom stereocenters. The summed E-state index contributed by atoms with van der Waals surface area (Å²) in [5.41, 5.74) is 0. The fraction of sp³-hybridized carbons (Fsp3) is 0.750. The third-order valence-corrected chi connectivity index (χ3v) is 1.47. The Morgan fingerprint density at radius 2 is 1.30 bits per heavy atom. The van der Waals surface area contributed by atoms with Gasteiger partial charge >= 0.3 is 0 Å². The summed E-state index contributed by atoms with van der Waals surface area (Å²) in [5, 5.41) is 16.8. The first kappa shape index (κ1) is 8.98. The van der Waals surface area contributed by atoms with Crippen LogP contribution in [0, 0.1) is 34.5 Å². The number of rotatable bonds is 3. The summed E-state index contributed by atoms with van der Waals surface area (Å²) in [5.74, 6) is 0.187. The topological polar surface area (TPSA) is 47.6 Å². The van der Waals surface area contributed by atoms with Crippen molar-refractivity contribution in [3.8, 4) is 12.1 Å². The van der Waals surface area contributed by atoms with E-state index in [9.17, 15) is 0 Å². The minimum absolute atomic E-state index is 0.0933. The van der Waals surface area contributed by atoms with Gasteiger partial charge < -0.3 is 0 Å². The summed E-state index contributed by atoms with van der Waals surface area (Å²) < 4.78 is 0. The van der Waals surface area contributed by atoms with Gasteiger partial charge in [-0.15, -0.1) is 0 Å². The van der Waals surface area contributed by atoms with E-state index in [1.807, 2.05) is 13.8 Å². The van der Waals surface area contributed by atoms with Gasteiger partial charge in [-0.25, -0.2) is 0 Å². The predicted octanol–water partition coefficient (Wildman–Crippen LogP) is 2.09. The van der Waals surface area contributed by atoms with Gasteiger partial charge in [0.2, 0.25) is 0 Å². The predicted molar refractivity (Wildman–Crippen MR) is 38.8 cm³/mol. The average Bonchev–Trinajstić information content (AvgIpc) is 1.99. The maximum atomic E-state index is 8.39. The highest BCUT2D eigenvalue weighted by Crippen LogP contribution is 2.09. The summed E-state index contributed by atoms with van der Waals surface area (Å²) in [7, 11) is 0. The molecule has 0 saturated heterocycles. The minimum Gasteiger partial charge on any atom is -0.198 e. The Morgan fingerprint density at radius 1 is 1.00 bits per heavy atom. The molecule has 0 aromatic heterocycles. The Morgan fingerprint density at radius 3 is 1.50 bits per heavy atom. The van der Waals surface area contributed by atoms with Crippen LogP contribution in [0.2, 0.25) is 0 Å². The van der Waals surface area contributed by atoms with Gasteiger partial charge in [-0.1, -0.05) is 0 Å². The fourth-order valence-corrected chi connectivity index (χ4v) is 0.629. The van der Waals surface area contributed by atoms with Crippen molar-refractivity contribution in [1.29, 1.82) is 10.5 Å². The minimum atomic E-state index is 0.0933. The molecule has 0 bridgehead atoms. The van der Waals surface area contributed by atoms with Gasteiger partial charge in [-0.2, -0.15) is 10.5 Å². The van der Waals surface area contributed by atoms with Crippen LogP contribution >= 0.6 is 0 Å². The smallest absolute Gasteiger partial charge is 0.0652 e. The van der Waals surface area contributed by atoms with Gasteiger partial charge in [0.1, 0.15) is 0 Å². The molecule has 0 aromatic rings. The lowest BCUT2D eigenvalue weighted by atomic mass is 10.0. The molecule has 0 aliphatic heterocycles. The van der Waals surface area contributed by atoms with Crippen LogP contribution in [-0.2, 0) is 0 Å². The SMILES string of the molecule is CC(C#N)CCC(C)C#N. The van der Waals surface area contributed by atoms with Crippen molar-refractivity contribution in [3.05, 3.63) is 0 Å². The van der Waals surface area contributed by atoms with Gasteiger partial charge in [0.05, 0.1) is 12.1 Å². The van der Waals surface area contributed by atoms with E-state index in [-0.39, 0.29) is 11.8 Å². The van der Waals surface area contributed by atoms with Gasteiger partial charge in [-0.05, 0) is 26.7 Å². The molecule has 0 aliphatic rings. The molecule has 0 aliphatic carbocycles. The van der Waals surface area contributed by atoms with Crippen molar-refractivity contribution in [2.45, 2.75) is 26.7 Å². The van der Waals surface area contributed by atoms with Crippen LogP contribution in [0.1, 0.15) is 26.7 Å². The van der Waals surface area contributed by atoms with Crippen LogP contribution in [0.4, 0.5) is 0 Å². The Labute approximate surface area is 62.1 Å². The summed E-state index contributed by atoms with van der Waals surface area (Å²) in [6, 6.07) is 4.27. The van der Waals surface area contributed by atoms with Crippen molar-refractivity contribution in [1.82, 2.24) is 0 Å². The zero-order valence-corrected chi connectivity index (χ0v) is 6.46. The first-order valence-corrected chi connectivity index (χ1v) is 3.50. The van der Waals surface area contributed by atoms with E-state index in [0.717, 1.165) is 12.8 Å². The molecule has 0 rings (SSSR count). The Hall–Kier alpha value is -1.02. The molecule has 10 heavy (non-hydrogen) atoms. The van der Waals surface area contributed by atoms with Crippen LogP contribution in [0.3, 0.4) is 0 Å². The molecule has 0 saturated carbocycles. The molecule has 0 radical (unpaired) electrons. The fourth-order valence-electron chi connectivity index (χ4n) is 0.629. The second-order valence-corrected chi connectivity index (χ2v) is 2.64. The lowest BCUT2D eigenvalue weighted by Crippen LogP contribution is -1.95. The average molecular weight is 136 g/mol. The summed E-state index contributed by atoms with van der Waals surface area (Å²) >= 11 is 0. The first-order chi connectivity index (χ1) is 4.70. The van der Waals surface area contributed by atoms with Crippen LogP contribution in [0.15, 0.2) is 0 Å². The van der Waals surface area contributed by atoms with Crippen LogP contribution in [0.25, 0.3) is 0 Å². The van der Waals surface area contributed by atoms with Crippen molar-refractivity contribution in [2.75, 3.05) is 0 Å². The van der Waals surface area contributed by atoms with Crippen LogP contribution < -0.4 is 0 Å². The molecule has 2 atom stereocenters. The quantitative estimate of drug-likeness (QED) is 0.596. The third-order valence-electron chi connectivity index (χ3n) is 1.47. The maximum Gasteiger partial charge on any atom is 0.0652 e. The van der Waals surface area contributed by atoms with E-state index in [0.29, 0.717) is 0 Å². The second-order valence-electron chi connectivity index (χ2n) is 2.64. The highest BCUT2D eigenvalue weighted by molar-refractivity contribution is 4.83. The van der Waals surface area contributed by atoms with E-state index in [4.69, 9.17) is 10.5 Å². The summed E-state index contributed by atoms with van der Waals surface area (Å²) in [6.45, 7) is 3.76. The third kappa shape index (κ3) is 3.92. The van der Waals surface area contributed by atoms with Gasteiger partial charge in [0, 0.05) is 11.8 Å². The molecular weight excluding hydrogens is 124 g/mol. The van der Waals surface area contributed by atoms with E-state index in [1.165, 1.54) is 0 Å². The molecule has 0 heterocycles. The van der Waals surface area contributed by atoms with Crippen molar-refractivity contribution >= 4 is 0 Å². The largest absolute Gasteiger partial charge is 0.198 e. The zero-order chi connectivity index (χ0) is 7.98. The summed E-state index contributed by atoms with van der Waals surface area (Å²) in [4.78, 5) is 0. The molecule has 2 heteroatoms. The van der Waals surface area contributed by atoms with Crippen molar-refractivity contribution in [2.24, 2.45) is 11.8 Å².